The third kappa shape index (κ3) is 5.92. The molecule has 0 saturated heterocycles. The Kier molecular flexibility index (Phi) is 5.85. The van der Waals surface area contributed by atoms with Crippen LogP contribution in [0.15, 0.2) is 0 Å². The molecule has 0 unspecified atom stereocenters. The van der Waals surface area contributed by atoms with Crippen LogP contribution in [0.1, 0.15) is 7.85 Å². The highest BCUT2D eigenvalue weighted by Gasteiger charge is 1.79. The Morgan fingerprint density at radius 2 is 1.57 bits per heavy atom. The molecule has 0 aromatic carbocycles. The summed E-state index contributed by atoms with van der Waals surface area (Å²) in [5.74, 6) is 0. The van der Waals surface area contributed by atoms with Gasteiger partial charge in [-0.15, -0.1) is 0 Å². The van der Waals surface area contributed by atoms with Crippen LogP contribution >= 0.6 is 0 Å². The summed E-state index contributed by atoms with van der Waals surface area (Å²) in [5.41, 5.74) is 0. The lowest BCUT2D eigenvalue weighted by Crippen LogP contribution is -1.94. The summed E-state index contributed by atoms with van der Waals surface area (Å²) < 4.78 is 9.53. The number of methoxy groups -OCH3 is 2. The van der Waals surface area contributed by atoms with Gasteiger partial charge in [-0.3, -0.25) is 0 Å². The molecular weight excluding hydrogens is 92.1 g/mol. The second-order valence-electron chi connectivity index (χ2n) is 1.34. The van der Waals surface area contributed by atoms with Crippen molar-refractivity contribution in [1.29, 1.82) is 0 Å². The van der Waals surface area contributed by atoms with Crippen LogP contribution in [-0.4, -0.2) is 27.4 Å². The lowest BCUT2D eigenvalue weighted by Gasteiger charge is -1.94. The van der Waals surface area contributed by atoms with Crippen molar-refractivity contribution in [2.75, 3.05) is 27.4 Å². The molecule has 2 heteroatoms. The van der Waals surface area contributed by atoms with Crippen LogP contribution in [0, 0.1) is 0 Å². The van der Waals surface area contributed by atoms with Crippen molar-refractivity contribution in [1.82, 2.24) is 0 Å². The Hall–Kier alpha value is -0.0800. The van der Waals surface area contributed by atoms with Crippen LogP contribution in [0.2, 0.25) is 0 Å². The van der Waals surface area contributed by atoms with Crippen LogP contribution in [-0.2, 0) is 9.47 Å². The molecule has 0 radical (unpaired) electrons. The molecule has 0 amide bonds. The van der Waals surface area contributed by atoms with Gasteiger partial charge in [0.15, 0.2) is 0 Å². The minimum Gasteiger partial charge on any atom is -0.385 e. The highest BCUT2D eigenvalue weighted by molar-refractivity contribution is 4.28. The van der Waals surface area contributed by atoms with E-state index < -0.39 is 0 Å². The largest absolute Gasteiger partial charge is 1.00 e. The highest BCUT2D eigenvalue weighted by atomic mass is 16.5. The SMILES string of the molecule is COCCCOC.[H+]. The standard InChI is InChI=1S/C5H12O2/c1-6-4-3-5-7-2/h3-5H2,1-2H3/p+1. The molecule has 0 bridgehead atoms. The third-order valence-corrected chi connectivity index (χ3v) is 0.697. The lowest BCUT2D eigenvalue weighted by molar-refractivity contribution is 0.138. The van der Waals surface area contributed by atoms with Crippen LogP contribution in [0.5, 0.6) is 0 Å². The van der Waals surface area contributed by atoms with E-state index in [4.69, 9.17) is 9.47 Å². The Bertz CT molecular complexity index is 29.6. The van der Waals surface area contributed by atoms with Crippen molar-refractivity contribution in [3.05, 3.63) is 0 Å². The normalized spacial score (nSPS) is 9.43. The fourth-order valence-electron chi connectivity index (χ4n) is 0.348. The summed E-state index contributed by atoms with van der Waals surface area (Å²) in [6.07, 6.45) is 0.993. The van der Waals surface area contributed by atoms with Crippen LogP contribution < -0.4 is 0 Å². The van der Waals surface area contributed by atoms with Crippen molar-refractivity contribution < 1.29 is 10.9 Å². The molecule has 0 aliphatic heterocycles. The molecule has 0 aliphatic rings. The molecular formula is C5H13O2+. The Morgan fingerprint density at radius 3 is 1.86 bits per heavy atom. The van der Waals surface area contributed by atoms with Gasteiger partial charge in [0, 0.05) is 27.4 Å². The second-order valence-corrected chi connectivity index (χ2v) is 1.34. The van der Waals surface area contributed by atoms with E-state index in [9.17, 15) is 0 Å². The van der Waals surface area contributed by atoms with E-state index in [1.165, 1.54) is 0 Å². The van der Waals surface area contributed by atoms with E-state index in [1.54, 1.807) is 14.2 Å². The molecule has 0 aliphatic carbocycles. The molecule has 0 aromatic rings. The van der Waals surface area contributed by atoms with Crippen LogP contribution in [0.4, 0.5) is 0 Å². The van der Waals surface area contributed by atoms with Gasteiger partial charge in [-0.25, -0.2) is 0 Å². The maximum absolute atomic E-state index is 4.76. The first-order valence-corrected chi connectivity index (χ1v) is 2.39. The van der Waals surface area contributed by atoms with E-state index in [-0.39, 0.29) is 1.43 Å². The molecule has 0 saturated carbocycles. The molecule has 2 nitrogen and oxygen atoms in total. The van der Waals surface area contributed by atoms with Gasteiger partial charge in [-0.05, 0) is 6.42 Å². The van der Waals surface area contributed by atoms with Crippen molar-refractivity contribution >= 4 is 0 Å². The summed E-state index contributed by atoms with van der Waals surface area (Å²) in [4.78, 5) is 0. The summed E-state index contributed by atoms with van der Waals surface area (Å²) in [6.45, 7) is 1.60. The Morgan fingerprint density at radius 1 is 1.14 bits per heavy atom. The predicted octanol–water partition coefficient (Wildman–Crippen LogP) is 0.782. The zero-order valence-corrected chi connectivity index (χ0v) is 4.94. The number of rotatable bonds is 4. The quantitative estimate of drug-likeness (QED) is 0.492. The Labute approximate surface area is 45.9 Å². The molecule has 44 valence electrons. The van der Waals surface area contributed by atoms with Crippen LogP contribution in [0.25, 0.3) is 0 Å². The van der Waals surface area contributed by atoms with Gasteiger partial charge in [0.2, 0.25) is 0 Å². The maximum Gasteiger partial charge on any atom is 1.00 e. The summed E-state index contributed by atoms with van der Waals surface area (Å²) >= 11 is 0. The zero-order valence-electron chi connectivity index (χ0n) is 5.94. The molecule has 0 rings (SSSR count). The summed E-state index contributed by atoms with van der Waals surface area (Å²) in [6, 6.07) is 0. The average molecular weight is 105 g/mol. The van der Waals surface area contributed by atoms with Gasteiger partial charge in [-0.1, -0.05) is 0 Å². The van der Waals surface area contributed by atoms with Gasteiger partial charge in [0.05, 0.1) is 0 Å². The van der Waals surface area contributed by atoms with Crippen molar-refractivity contribution in [3.63, 3.8) is 0 Å². The predicted molar refractivity (Wildman–Crippen MR) is 29.5 cm³/mol. The zero-order chi connectivity index (χ0) is 5.54. The fraction of sp³-hybridized carbons (Fsp3) is 1.00. The molecule has 7 heavy (non-hydrogen) atoms. The van der Waals surface area contributed by atoms with E-state index >= 15 is 0 Å². The number of hydrogen-bond donors (Lipinski definition) is 0. The Balaban J connectivity index is 0. The van der Waals surface area contributed by atoms with Crippen molar-refractivity contribution in [2.24, 2.45) is 0 Å². The average Bonchev–Trinajstić information content (AvgIpc) is 1.69. The summed E-state index contributed by atoms with van der Waals surface area (Å²) in [5, 5.41) is 0. The molecule has 0 fully saturated rings. The second kappa shape index (κ2) is 5.92. The van der Waals surface area contributed by atoms with Crippen LogP contribution in [0.3, 0.4) is 0 Å². The highest BCUT2D eigenvalue weighted by Crippen LogP contribution is 1.78. The molecule has 0 spiro atoms. The van der Waals surface area contributed by atoms with Gasteiger partial charge < -0.3 is 9.47 Å². The van der Waals surface area contributed by atoms with Crippen molar-refractivity contribution in [3.8, 4) is 0 Å². The topological polar surface area (TPSA) is 18.5 Å². The number of hydrogen-bond acceptors (Lipinski definition) is 2. The minimum absolute atomic E-state index is 0. The maximum atomic E-state index is 4.76. The van der Waals surface area contributed by atoms with Gasteiger partial charge >= 0.3 is 1.43 Å². The van der Waals surface area contributed by atoms with Gasteiger partial charge in [-0.2, -0.15) is 0 Å². The first-order valence-electron chi connectivity index (χ1n) is 2.39. The first kappa shape index (κ1) is 6.92. The molecule has 0 heterocycles. The minimum atomic E-state index is 0. The number of ether oxygens (including phenoxy) is 2. The van der Waals surface area contributed by atoms with E-state index in [0.717, 1.165) is 19.6 Å². The summed E-state index contributed by atoms with van der Waals surface area (Å²) in [7, 11) is 3.38. The van der Waals surface area contributed by atoms with Gasteiger partial charge in [0.25, 0.3) is 0 Å². The van der Waals surface area contributed by atoms with E-state index in [2.05, 4.69) is 0 Å². The fourth-order valence-corrected chi connectivity index (χ4v) is 0.348. The first-order chi connectivity index (χ1) is 3.41. The van der Waals surface area contributed by atoms with E-state index in [1.807, 2.05) is 0 Å². The van der Waals surface area contributed by atoms with Crippen molar-refractivity contribution in [2.45, 2.75) is 6.42 Å². The lowest BCUT2D eigenvalue weighted by atomic mass is 10.5. The monoisotopic (exact) mass is 105 g/mol. The molecule has 0 N–H and O–H groups in total. The molecule has 0 atom stereocenters. The third-order valence-electron chi connectivity index (χ3n) is 0.697. The van der Waals surface area contributed by atoms with Gasteiger partial charge in [0.1, 0.15) is 0 Å². The molecule has 0 aromatic heterocycles. The van der Waals surface area contributed by atoms with E-state index in [0.29, 0.717) is 0 Å². The smallest absolute Gasteiger partial charge is 0.385 e.